The minimum Gasteiger partial charge on any atom is -0.496 e. The van der Waals surface area contributed by atoms with Crippen LogP contribution in [0.25, 0.3) is 0 Å². The number of benzene rings is 3. The fraction of sp³-hybridized carbons (Fsp3) is 0.174. The van der Waals surface area contributed by atoms with Gasteiger partial charge in [-0.25, -0.2) is 0 Å². The van der Waals surface area contributed by atoms with Gasteiger partial charge < -0.3 is 15.2 Å². The molecule has 1 heterocycles. The van der Waals surface area contributed by atoms with Gasteiger partial charge in [0.05, 0.1) is 19.8 Å². The summed E-state index contributed by atoms with van der Waals surface area (Å²) in [5.41, 5.74) is 1.59. The van der Waals surface area contributed by atoms with E-state index in [1.807, 2.05) is 54.6 Å². The Balaban J connectivity index is 1.94. The Kier molecular flexibility index (Phi) is 5.28. The van der Waals surface area contributed by atoms with E-state index in [1.54, 1.807) is 25.3 Å². The molecule has 0 aromatic heterocycles. The molecule has 0 spiro atoms. The smallest absolute Gasteiger partial charge is 0.254 e. The minimum absolute atomic E-state index is 0.190. The van der Waals surface area contributed by atoms with E-state index >= 15 is 0 Å². The zero-order chi connectivity index (χ0) is 20.4. The number of aliphatic hydroxyl groups is 1. The van der Waals surface area contributed by atoms with Crippen LogP contribution in [-0.2, 0) is 10.3 Å². The number of nitrogens with one attached hydrogen (secondary N) is 2. The molecule has 4 rings (SSSR count). The van der Waals surface area contributed by atoms with E-state index in [-0.39, 0.29) is 12.5 Å². The zero-order valence-electron chi connectivity index (χ0n) is 15.9. The first-order chi connectivity index (χ1) is 14.1. The highest BCUT2D eigenvalue weighted by Gasteiger charge is 2.51. The summed E-state index contributed by atoms with van der Waals surface area (Å²) >= 11 is 6.30. The average molecular weight is 409 g/mol. The first-order valence-electron chi connectivity index (χ1n) is 9.28. The Bertz CT molecular complexity index is 1040. The molecular weight excluding hydrogens is 388 g/mol. The van der Waals surface area contributed by atoms with Gasteiger partial charge in [-0.1, -0.05) is 60.1 Å². The molecule has 3 aromatic carbocycles. The highest BCUT2D eigenvalue weighted by molar-refractivity contribution is 6.31. The number of fused-ring (bicyclic) bond motifs is 1. The molecule has 0 saturated carbocycles. The lowest BCUT2D eigenvalue weighted by atomic mass is 9.82. The van der Waals surface area contributed by atoms with Gasteiger partial charge in [0.25, 0.3) is 5.91 Å². The van der Waals surface area contributed by atoms with Crippen molar-refractivity contribution < 1.29 is 14.6 Å². The lowest BCUT2D eigenvalue weighted by molar-refractivity contribution is -0.121. The third-order valence-electron chi connectivity index (χ3n) is 5.26. The molecule has 1 unspecified atom stereocenters. The summed E-state index contributed by atoms with van der Waals surface area (Å²) in [5.74, 6) is 0.307. The van der Waals surface area contributed by atoms with Crippen molar-refractivity contribution in [2.75, 3.05) is 19.0 Å². The Labute approximate surface area is 174 Å². The number of carbonyl (C=O) groups excluding carboxylic acids is 1. The highest BCUT2D eigenvalue weighted by atomic mass is 35.5. The van der Waals surface area contributed by atoms with Crippen LogP contribution in [0.1, 0.15) is 22.7 Å². The van der Waals surface area contributed by atoms with Crippen LogP contribution in [0.2, 0.25) is 5.02 Å². The number of carbonyl (C=O) groups is 1. The number of para-hydroxylation sites is 1. The van der Waals surface area contributed by atoms with Crippen LogP contribution in [0.5, 0.6) is 5.75 Å². The Morgan fingerprint density at radius 3 is 2.52 bits per heavy atom. The molecule has 29 heavy (non-hydrogen) atoms. The zero-order valence-corrected chi connectivity index (χ0v) is 16.6. The molecular formula is C23H21ClN2O3. The van der Waals surface area contributed by atoms with E-state index < -0.39 is 11.6 Å². The second-order valence-electron chi connectivity index (χ2n) is 6.88. The van der Waals surface area contributed by atoms with E-state index in [1.165, 1.54) is 0 Å². The van der Waals surface area contributed by atoms with Crippen molar-refractivity contribution in [2.24, 2.45) is 0 Å². The first-order valence-corrected chi connectivity index (χ1v) is 9.66. The molecule has 1 amide bonds. The molecule has 0 saturated heterocycles. The summed E-state index contributed by atoms with van der Waals surface area (Å²) in [6, 6.07) is 21.7. The molecule has 3 N–H and O–H groups in total. The van der Waals surface area contributed by atoms with Gasteiger partial charge in [-0.05, 0) is 29.8 Å². The van der Waals surface area contributed by atoms with Crippen LogP contribution in [0.15, 0.2) is 72.8 Å². The number of amides is 1. The van der Waals surface area contributed by atoms with E-state index in [2.05, 4.69) is 10.6 Å². The number of methoxy groups -OCH3 is 1. The van der Waals surface area contributed by atoms with Crippen LogP contribution in [-0.4, -0.2) is 24.7 Å². The van der Waals surface area contributed by atoms with Crippen LogP contribution in [0.3, 0.4) is 0 Å². The van der Waals surface area contributed by atoms with E-state index in [4.69, 9.17) is 16.3 Å². The highest BCUT2D eigenvalue weighted by Crippen LogP contribution is 2.46. The molecule has 0 aliphatic carbocycles. The van der Waals surface area contributed by atoms with Crippen LogP contribution in [0.4, 0.5) is 5.69 Å². The molecule has 0 bridgehead atoms. The largest absolute Gasteiger partial charge is 0.496 e. The minimum atomic E-state index is -1.28. The molecule has 6 heteroatoms. The molecule has 5 nitrogen and oxygen atoms in total. The molecule has 148 valence electrons. The van der Waals surface area contributed by atoms with Gasteiger partial charge in [0.1, 0.15) is 5.75 Å². The first kappa shape index (κ1) is 19.5. The van der Waals surface area contributed by atoms with Crippen molar-refractivity contribution >= 4 is 23.2 Å². The van der Waals surface area contributed by atoms with Gasteiger partial charge in [-0.2, -0.15) is 0 Å². The molecule has 1 aliphatic rings. The Morgan fingerprint density at radius 1 is 1.07 bits per heavy atom. The SMILES string of the molecule is COc1ccccc1C1(N[C@H](CO)c2ccccc2)C(=O)Nc2ccc(Cl)cc21. The van der Waals surface area contributed by atoms with Gasteiger partial charge in [0, 0.05) is 21.8 Å². The maximum atomic E-state index is 13.5. The van der Waals surface area contributed by atoms with Crippen molar-refractivity contribution in [3.63, 3.8) is 0 Å². The van der Waals surface area contributed by atoms with Gasteiger partial charge in [-0.15, -0.1) is 0 Å². The molecule has 0 radical (unpaired) electrons. The van der Waals surface area contributed by atoms with Crippen LogP contribution in [0, 0.1) is 0 Å². The number of aliphatic hydroxyl groups excluding tert-OH is 1. The number of anilines is 1. The molecule has 2 atom stereocenters. The van der Waals surface area contributed by atoms with Crippen LogP contribution < -0.4 is 15.4 Å². The summed E-state index contributed by atoms with van der Waals surface area (Å²) in [6.07, 6.45) is 0. The van der Waals surface area contributed by atoms with Crippen molar-refractivity contribution in [1.29, 1.82) is 0 Å². The summed E-state index contributed by atoms with van der Waals surface area (Å²) in [5, 5.41) is 17.0. The average Bonchev–Trinajstić information content (AvgIpc) is 3.03. The standard InChI is InChI=1S/C23H21ClN2O3/c1-29-21-10-6-5-9-17(21)23(26-20(14-27)15-7-3-2-4-8-15)18-13-16(24)11-12-19(18)25-22(23)28/h2-13,20,26-27H,14H2,1H3,(H,25,28)/t20-,23?/m1/s1. The number of ether oxygens (including phenoxy) is 1. The topological polar surface area (TPSA) is 70.6 Å². The van der Waals surface area contributed by atoms with E-state index in [0.29, 0.717) is 27.6 Å². The number of rotatable bonds is 6. The maximum absolute atomic E-state index is 13.5. The van der Waals surface area contributed by atoms with Gasteiger partial charge >= 0.3 is 0 Å². The normalized spacial score (nSPS) is 18.8. The van der Waals surface area contributed by atoms with Crippen molar-refractivity contribution in [3.05, 3.63) is 94.5 Å². The lowest BCUT2D eigenvalue weighted by Gasteiger charge is -2.34. The summed E-state index contributed by atoms with van der Waals surface area (Å²) in [4.78, 5) is 13.5. The Morgan fingerprint density at radius 2 is 1.79 bits per heavy atom. The predicted molar refractivity (Wildman–Crippen MR) is 113 cm³/mol. The predicted octanol–water partition coefficient (Wildman–Crippen LogP) is 3.87. The quantitative estimate of drug-likeness (QED) is 0.579. The van der Waals surface area contributed by atoms with Crippen LogP contribution >= 0.6 is 11.6 Å². The van der Waals surface area contributed by atoms with Gasteiger partial charge in [0.15, 0.2) is 5.54 Å². The maximum Gasteiger partial charge on any atom is 0.254 e. The van der Waals surface area contributed by atoms with Crippen molar-refractivity contribution in [3.8, 4) is 5.75 Å². The Hall–Kier alpha value is -2.86. The van der Waals surface area contributed by atoms with E-state index in [0.717, 1.165) is 5.56 Å². The third kappa shape index (κ3) is 3.27. The number of hydrogen-bond donors (Lipinski definition) is 3. The summed E-state index contributed by atoms with van der Waals surface area (Å²) in [7, 11) is 1.57. The van der Waals surface area contributed by atoms with Crippen molar-refractivity contribution in [1.82, 2.24) is 5.32 Å². The molecule has 0 fully saturated rings. The van der Waals surface area contributed by atoms with E-state index in [9.17, 15) is 9.90 Å². The molecule has 3 aromatic rings. The fourth-order valence-electron chi connectivity index (χ4n) is 3.90. The second kappa shape index (κ2) is 7.87. The van der Waals surface area contributed by atoms with Gasteiger partial charge in [-0.3, -0.25) is 10.1 Å². The summed E-state index contributed by atoms with van der Waals surface area (Å²) in [6.45, 7) is -0.190. The van der Waals surface area contributed by atoms with Gasteiger partial charge in [0.2, 0.25) is 0 Å². The monoisotopic (exact) mass is 408 g/mol. The number of halogens is 1. The van der Waals surface area contributed by atoms with Crippen molar-refractivity contribution in [2.45, 2.75) is 11.6 Å². The third-order valence-corrected chi connectivity index (χ3v) is 5.50. The fourth-order valence-corrected chi connectivity index (χ4v) is 4.07. The summed E-state index contributed by atoms with van der Waals surface area (Å²) < 4.78 is 5.58. The number of hydrogen-bond acceptors (Lipinski definition) is 4. The lowest BCUT2D eigenvalue weighted by Crippen LogP contribution is -2.51. The molecule has 1 aliphatic heterocycles. The second-order valence-corrected chi connectivity index (χ2v) is 7.32.